The van der Waals surface area contributed by atoms with Crippen LogP contribution in [0.2, 0.25) is 0 Å². The van der Waals surface area contributed by atoms with Crippen LogP contribution in [-0.4, -0.2) is 47.0 Å². The molecule has 1 aliphatic rings. The standard InChI is InChI=1S/C15H20N4O3S/c1-11-6-15(22-2)16-7-13(11)8-19-9-14(17-18-19)12-4-3-5-23(20,21)10-12/h6-7,9,12H,3-5,8,10H2,1-2H3. The Morgan fingerprint density at radius 2 is 2.26 bits per heavy atom. The Labute approximate surface area is 135 Å². The third kappa shape index (κ3) is 3.69. The van der Waals surface area contributed by atoms with Gasteiger partial charge >= 0.3 is 0 Å². The molecule has 0 N–H and O–H groups in total. The molecule has 1 saturated heterocycles. The fourth-order valence-corrected chi connectivity index (χ4v) is 4.57. The van der Waals surface area contributed by atoms with Crippen molar-refractivity contribution in [2.75, 3.05) is 18.6 Å². The Kier molecular flexibility index (Phi) is 4.34. The van der Waals surface area contributed by atoms with Crippen molar-refractivity contribution in [1.82, 2.24) is 20.0 Å². The van der Waals surface area contributed by atoms with Crippen LogP contribution >= 0.6 is 0 Å². The summed E-state index contributed by atoms with van der Waals surface area (Å²) in [5.41, 5.74) is 2.85. The number of sulfone groups is 1. The second kappa shape index (κ2) is 6.27. The first-order valence-corrected chi connectivity index (χ1v) is 9.39. The maximum Gasteiger partial charge on any atom is 0.213 e. The topological polar surface area (TPSA) is 87.0 Å². The van der Waals surface area contributed by atoms with E-state index in [4.69, 9.17) is 4.74 Å². The molecule has 2 aromatic rings. The molecule has 0 spiro atoms. The SMILES string of the molecule is COc1cc(C)c(Cn2cc(C3CCCS(=O)(=O)C3)nn2)cn1. The molecule has 124 valence electrons. The maximum absolute atomic E-state index is 11.8. The summed E-state index contributed by atoms with van der Waals surface area (Å²) < 4.78 is 30.4. The molecule has 1 fully saturated rings. The first-order valence-electron chi connectivity index (χ1n) is 7.57. The summed E-state index contributed by atoms with van der Waals surface area (Å²) >= 11 is 0. The van der Waals surface area contributed by atoms with Gasteiger partial charge in [-0.3, -0.25) is 0 Å². The zero-order chi connectivity index (χ0) is 16.4. The van der Waals surface area contributed by atoms with Crippen LogP contribution < -0.4 is 4.74 Å². The van der Waals surface area contributed by atoms with Gasteiger partial charge in [-0.25, -0.2) is 18.1 Å². The van der Waals surface area contributed by atoms with E-state index >= 15 is 0 Å². The quantitative estimate of drug-likeness (QED) is 0.837. The van der Waals surface area contributed by atoms with Gasteiger partial charge in [0.2, 0.25) is 5.88 Å². The molecule has 23 heavy (non-hydrogen) atoms. The molecule has 7 nitrogen and oxygen atoms in total. The van der Waals surface area contributed by atoms with Gasteiger partial charge in [0.25, 0.3) is 0 Å². The molecule has 2 aromatic heterocycles. The van der Waals surface area contributed by atoms with E-state index in [1.807, 2.05) is 19.2 Å². The number of ether oxygens (including phenoxy) is 1. The van der Waals surface area contributed by atoms with E-state index in [2.05, 4.69) is 15.3 Å². The predicted octanol–water partition coefficient (Wildman–Crippen LogP) is 1.33. The lowest BCUT2D eigenvalue weighted by atomic mass is 10.0. The summed E-state index contributed by atoms with van der Waals surface area (Å²) in [6, 6.07) is 1.88. The van der Waals surface area contributed by atoms with Gasteiger partial charge in [0, 0.05) is 24.4 Å². The van der Waals surface area contributed by atoms with E-state index < -0.39 is 9.84 Å². The Balaban J connectivity index is 1.75. The Bertz CT molecular complexity index is 801. The second-order valence-electron chi connectivity index (χ2n) is 5.95. The van der Waals surface area contributed by atoms with Gasteiger partial charge in [-0.15, -0.1) is 5.10 Å². The molecule has 3 heterocycles. The number of aromatic nitrogens is 4. The molecular formula is C15H20N4O3S. The van der Waals surface area contributed by atoms with Crippen molar-refractivity contribution < 1.29 is 13.2 Å². The van der Waals surface area contributed by atoms with Gasteiger partial charge in [0.1, 0.15) is 0 Å². The lowest BCUT2D eigenvalue weighted by molar-refractivity contribution is 0.397. The zero-order valence-electron chi connectivity index (χ0n) is 13.3. The van der Waals surface area contributed by atoms with E-state index in [1.165, 1.54) is 0 Å². The van der Waals surface area contributed by atoms with Gasteiger partial charge in [-0.1, -0.05) is 5.21 Å². The molecule has 0 radical (unpaired) electrons. The number of hydrogen-bond donors (Lipinski definition) is 0. The van der Waals surface area contributed by atoms with E-state index in [0.717, 1.165) is 23.2 Å². The number of rotatable bonds is 4. The van der Waals surface area contributed by atoms with Crippen molar-refractivity contribution in [1.29, 1.82) is 0 Å². The Hall–Kier alpha value is -1.96. The number of methoxy groups -OCH3 is 1. The Morgan fingerprint density at radius 3 is 2.96 bits per heavy atom. The van der Waals surface area contributed by atoms with Crippen LogP contribution in [-0.2, 0) is 16.4 Å². The fourth-order valence-electron chi connectivity index (χ4n) is 2.84. The van der Waals surface area contributed by atoms with E-state index in [9.17, 15) is 8.42 Å². The second-order valence-corrected chi connectivity index (χ2v) is 8.18. The summed E-state index contributed by atoms with van der Waals surface area (Å²) in [6.07, 6.45) is 5.15. The number of nitrogens with zero attached hydrogens (tertiary/aromatic N) is 4. The monoisotopic (exact) mass is 336 g/mol. The Morgan fingerprint density at radius 1 is 1.43 bits per heavy atom. The lowest BCUT2D eigenvalue weighted by Crippen LogP contribution is -2.23. The maximum atomic E-state index is 11.8. The fraction of sp³-hybridized carbons (Fsp3) is 0.533. The average molecular weight is 336 g/mol. The smallest absolute Gasteiger partial charge is 0.213 e. The predicted molar refractivity (Wildman–Crippen MR) is 85.3 cm³/mol. The lowest BCUT2D eigenvalue weighted by Gasteiger charge is -2.19. The summed E-state index contributed by atoms with van der Waals surface area (Å²) in [5.74, 6) is 0.999. The summed E-state index contributed by atoms with van der Waals surface area (Å²) in [7, 11) is -1.36. The molecule has 1 unspecified atom stereocenters. The van der Waals surface area contributed by atoms with Crippen molar-refractivity contribution in [3.8, 4) is 5.88 Å². The molecule has 0 aliphatic carbocycles. The molecule has 0 aromatic carbocycles. The molecule has 0 bridgehead atoms. The number of aryl methyl sites for hydroxylation is 1. The highest BCUT2D eigenvalue weighted by atomic mass is 32.2. The van der Waals surface area contributed by atoms with Crippen molar-refractivity contribution in [3.63, 3.8) is 0 Å². The third-order valence-corrected chi connectivity index (χ3v) is 5.99. The number of hydrogen-bond acceptors (Lipinski definition) is 6. The highest BCUT2D eigenvalue weighted by Crippen LogP contribution is 2.26. The minimum absolute atomic E-state index is 0.0439. The van der Waals surface area contributed by atoms with E-state index in [0.29, 0.717) is 18.8 Å². The zero-order valence-corrected chi connectivity index (χ0v) is 14.1. The van der Waals surface area contributed by atoms with E-state index in [1.54, 1.807) is 18.0 Å². The van der Waals surface area contributed by atoms with Crippen molar-refractivity contribution in [2.24, 2.45) is 0 Å². The largest absolute Gasteiger partial charge is 0.481 e. The van der Waals surface area contributed by atoms with Crippen molar-refractivity contribution >= 4 is 9.84 Å². The molecule has 0 saturated carbocycles. The molecule has 1 aliphatic heterocycles. The van der Waals surface area contributed by atoms with Crippen LogP contribution in [0, 0.1) is 6.92 Å². The van der Waals surface area contributed by atoms with Crippen LogP contribution in [0.1, 0.15) is 35.6 Å². The van der Waals surface area contributed by atoms with Crippen LogP contribution in [0.4, 0.5) is 0 Å². The van der Waals surface area contributed by atoms with Crippen molar-refractivity contribution in [2.45, 2.75) is 32.2 Å². The normalized spacial score (nSPS) is 20.3. The van der Waals surface area contributed by atoms with Gasteiger partial charge in [-0.05, 0) is 30.9 Å². The molecule has 3 rings (SSSR count). The van der Waals surface area contributed by atoms with Gasteiger partial charge < -0.3 is 4.74 Å². The van der Waals surface area contributed by atoms with E-state index in [-0.39, 0.29) is 17.4 Å². The first kappa shape index (κ1) is 15.9. The van der Waals surface area contributed by atoms with Crippen LogP contribution in [0.15, 0.2) is 18.5 Å². The minimum atomic E-state index is -2.95. The molecule has 1 atom stereocenters. The minimum Gasteiger partial charge on any atom is -0.481 e. The average Bonchev–Trinajstić information content (AvgIpc) is 2.97. The van der Waals surface area contributed by atoms with Crippen molar-refractivity contribution in [3.05, 3.63) is 35.3 Å². The van der Waals surface area contributed by atoms with Crippen LogP contribution in [0.25, 0.3) is 0 Å². The van der Waals surface area contributed by atoms with Gasteiger partial charge in [0.05, 0.1) is 30.9 Å². The number of pyridine rings is 1. The molecule has 8 heteroatoms. The molecular weight excluding hydrogens is 316 g/mol. The summed E-state index contributed by atoms with van der Waals surface area (Å²) in [4.78, 5) is 4.21. The van der Waals surface area contributed by atoms with Crippen LogP contribution in [0.5, 0.6) is 5.88 Å². The first-order chi connectivity index (χ1) is 11.0. The van der Waals surface area contributed by atoms with Crippen LogP contribution in [0.3, 0.4) is 0 Å². The summed E-state index contributed by atoms with van der Waals surface area (Å²) in [6.45, 7) is 2.54. The highest BCUT2D eigenvalue weighted by molar-refractivity contribution is 7.91. The van der Waals surface area contributed by atoms with Gasteiger partial charge in [0.15, 0.2) is 9.84 Å². The summed E-state index contributed by atoms with van der Waals surface area (Å²) in [5, 5.41) is 8.30. The highest BCUT2D eigenvalue weighted by Gasteiger charge is 2.27. The molecule has 0 amide bonds. The third-order valence-electron chi connectivity index (χ3n) is 4.17. The van der Waals surface area contributed by atoms with Gasteiger partial charge in [-0.2, -0.15) is 0 Å².